The maximum atomic E-state index is 15.4. The van der Waals surface area contributed by atoms with Gasteiger partial charge in [-0.15, -0.1) is 0 Å². The highest BCUT2D eigenvalue weighted by atomic mass is 31.2. The summed E-state index contributed by atoms with van der Waals surface area (Å²) in [6.07, 6.45) is 0. The van der Waals surface area contributed by atoms with Gasteiger partial charge in [-0.3, -0.25) is 4.74 Å². The van der Waals surface area contributed by atoms with Crippen molar-refractivity contribution in [3.05, 3.63) is 151 Å². The van der Waals surface area contributed by atoms with E-state index in [1.165, 1.54) is 5.56 Å². The molecule has 2 nitrogen and oxygen atoms in total. The summed E-state index contributed by atoms with van der Waals surface area (Å²) in [6.45, 7) is 2.08. The SMILES string of the molecule is Cc1ccc(N=P(CP(=O)(c2ccccc2)c2ccccc2)(c2ccccc2)c2ccccc2)cc1. The molecule has 0 aliphatic carbocycles. The molecule has 0 saturated heterocycles. The Morgan fingerprint density at radius 3 is 1.25 bits per heavy atom. The van der Waals surface area contributed by atoms with E-state index < -0.39 is 14.2 Å². The quantitative estimate of drug-likeness (QED) is 0.211. The zero-order valence-corrected chi connectivity index (χ0v) is 22.1. The van der Waals surface area contributed by atoms with Gasteiger partial charge < -0.3 is 4.57 Å². The number of hydrogen-bond acceptors (Lipinski definition) is 2. The molecule has 0 aliphatic heterocycles. The topological polar surface area (TPSA) is 29.4 Å². The Bertz CT molecular complexity index is 1430. The molecule has 5 aromatic carbocycles. The van der Waals surface area contributed by atoms with Crippen molar-refractivity contribution in [3.8, 4) is 0 Å². The molecule has 0 radical (unpaired) electrons. The van der Waals surface area contributed by atoms with E-state index in [0.29, 0.717) is 5.90 Å². The Labute approximate surface area is 214 Å². The Morgan fingerprint density at radius 1 is 0.500 bits per heavy atom. The minimum absolute atomic E-state index is 0.440. The summed E-state index contributed by atoms with van der Waals surface area (Å²) in [6, 6.07) is 49.2. The Hall–Kier alpha value is -3.44. The summed E-state index contributed by atoms with van der Waals surface area (Å²) in [5, 5.41) is 3.99. The maximum absolute atomic E-state index is 15.4. The van der Waals surface area contributed by atoms with Crippen LogP contribution in [-0.2, 0) is 4.57 Å². The van der Waals surface area contributed by atoms with E-state index in [9.17, 15) is 0 Å². The highest BCUT2D eigenvalue weighted by Crippen LogP contribution is 2.62. The fourth-order valence-corrected chi connectivity index (χ4v) is 13.7. The largest absolute Gasteiger partial charge is 0.313 e. The molecule has 0 aliphatic rings. The number of hydrogen-bond donors (Lipinski definition) is 0. The molecule has 4 heteroatoms. The normalized spacial score (nSPS) is 11.7. The molecule has 5 aromatic rings. The third-order valence-electron chi connectivity index (χ3n) is 6.44. The van der Waals surface area contributed by atoms with Crippen LogP contribution in [0, 0.1) is 6.92 Å². The average molecular weight is 506 g/mol. The monoisotopic (exact) mass is 505 g/mol. The van der Waals surface area contributed by atoms with Crippen LogP contribution >= 0.6 is 14.2 Å². The number of benzene rings is 5. The van der Waals surface area contributed by atoms with Crippen LogP contribution in [0.15, 0.2) is 150 Å². The molecular formula is C32H29NOP2. The van der Waals surface area contributed by atoms with E-state index in [-0.39, 0.29) is 0 Å². The van der Waals surface area contributed by atoms with Crippen LogP contribution in [0.25, 0.3) is 0 Å². The second-order valence-corrected chi connectivity index (χ2v) is 15.3. The first-order valence-electron chi connectivity index (χ1n) is 12.1. The van der Waals surface area contributed by atoms with Gasteiger partial charge in [0.2, 0.25) is 0 Å². The molecule has 0 fully saturated rings. The van der Waals surface area contributed by atoms with Gasteiger partial charge in [0.15, 0.2) is 0 Å². The number of aryl methyl sites for hydroxylation is 1. The highest BCUT2D eigenvalue weighted by Gasteiger charge is 2.37. The molecule has 0 aromatic heterocycles. The van der Waals surface area contributed by atoms with Crippen molar-refractivity contribution in [2.75, 3.05) is 5.90 Å². The lowest BCUT2D eigenvalue weighted by Crippen LogP contribution is -2.25. The molecule has 0 N–H and O–H groups in total. The average Bonchev–Trinajstić information content (AvgIpc) is 2.96. The lowest BCUT2D eigenvalue weighted by atomic mass is 10.2. The summed E-state index contributed by atoms with van der Waals surface area (Å²) in [4.78, 5) is 0. The summed E-state index contributed by atoms with van der Waals surface area (Å²) >= 11 is 0. The second kappa shape index (κ2) is 10.7. The van der Waals surface area contributed by atoms with E-state index in [4.69, 9.17) is 4.74 Å². The van der Waals surface area contributed by atoms with Gasteiger partial charge in [-0.05, 0) is 29.7 Å². The third-order valence-corrected chi connectivity index (χ3v) is 14.8. The van der Waals surface area contributed by atoms with E-state index >= 15 is 4.57 Å². The Morgan fingerprint density at radius 2 is 0.861 bits per heavy atom. The Kier molecular flexibility index (Phi) is 7.19. The van der Waals surface area contributed by atoms with Crippen LogP contribution in [0.1, 0.15) is 5.56 Å². The van der Waals surface area contributed by atoms with Crippen molar-refractivity contribution in [2.24, 2.45) is 4.74 Å². The second-order valence-electron chi connectivity index (χ2n) is 8.93. The number of rotatable bonds is 7. The van der Waals surface area contributed by atoms with Crippen molar-refractivity contribution in [1.29, 1.82) is 0 Å². The van der Waals surface area contributed by atoms with Crippen molar-refractivity contribution in [2.45, 2.75) is 6.92 Å². The van der Waals surface area contributed by atoms with Crippen molar-refractivity contribution in [1.82, 2.24) is 0 Å². The summed E-state index contributed by atoms with van der Waals surface area (Å²) in [7, 11) is -5.60. The van der Waals surface area contributed by atoms with Crippen LogP contribution in [0.2, 0.25) is 0 Å². The van der Waals surface area contributed by atoms with Gasteiger partial charge in [-0.25, -0.2) is 0 Å². The summed E-state index contributed by atoms with van der Waals surface area (Å²) in [5.74, 6) is 0.440. The van der Waals surface area contributed by atoms with E-state index in [1.54, 1.807) is 0 Å². The lowest BCUT2D eigenvalue weighted by Gasteiger charge is -2.31. The molecule has 178 valence electrons. The van der Waals surface area contributed by atoms with Crippen molar-refractivity contribution in [3.63, 3.8) is 0 Å². The smallest absolute Gasteiger partial charge is 0.149 e. The molecule has 0 bridgehead atoms. The van der Waals surface area contributed by atoms with Gasteiger partial charge in [0.1, 0.15) is 7.14 Å². The van der Waals surface area contributed by atoms with Crippen molar-refractivity contribution < 1.29 is 4.57 Å². The minimum atomic E-state index is -3.07. The fraction of sp³-hybridized carbons (Fsp3) is 0.0625. The first-order chi connectivity index (χ1) is 17.6. The first-order valence-corrected chi connectivity index (χ1v) is 15.9. The van der Waals surface area contributed by atoms with E-state index in [1.807, 2.05) is 72.8 Å². The summed E-state index contributed by atoms with van der Waals surface area (Å²) < 4.78 is 20.9. The van der Waals surface area contributed by atoms with E-state index in [0.717, 1.165) is 26.9 Å². The van der Waals surface area contributed by atoms with Crippen LogP contribution in [0.4, 0.5) is 5.69 Å². The molecule has 36 heavy (non-hydrogen) atoms. The van der Waals surface area contributed by atoms with E-state index in [2.05, 4.69) is 79.7 Å². The Balaban J connectivity index is 1.85. The third kappa shape index (κ3) is 4.93. The van der Waals surface area contributed by atoms with Gasteiger partial charge in [0, 0.05) is 17.7 Å². The molecule has 0 heterocycles. The zero-order valence-electron chi connectivity index (χ0n) is 20.3. The van der Waals surface area contributed by atoms with Gasteiger partial charge in [-0.1, -0.05) is 139 Å². The number of nitrogens with zero attached hydrogens (tertiary/aromatic N) is 1. The molecule has 0 amide bonds. The predicted octanol–water partition coefficient (Wildman–Crippen LogP) is 7.45. The van der Waals surface area contributed by atoms with Gasteiger partial charge in [0.05, 0.1) is 11.6 Å². The van der Waals surface area contributed by atoms with Crippen LogP contribution in [0.3, 0.4) is 0 Å². The molecule has 0 atom stereocenters. The molecular weight excluding hydrogens is 476 g/mol. The minimum Gasteiger partial charge on any atom is -0.313 e. The first kappa shape index (κ1) is 24.3. The highest BCUT2D eigenvalue weighted by molar-refractivity contribution is 7.95. The fourth-order valence-electron chi connectivity index (χ4n) is 4.56. The predicted molar refractivity (Wildman–Crippen MR) is 157 cm³/mol. The van der Waals surface area contributed by atoms with Gasteiger partial charge >= 0.3 is 0 Å². The molecule has 0 unspecified atom stereocenters. The molecule has 5 rings (SSSR count). The molecule has 0 saturated carbocycles. The van der Waals surface area contributed by atoms with Crippen LogP contribution < -0.4 is 21.2 Å². The molecule has 0 spiro atoms. The van der Waals surface area contributed by atoms with Crippen molar-refractivity contribution >= 4 is 41.1 Å². The van der Waals surface area contributed by atoms with Crippen LogP contribution in [-0.4, -0.2) is 5.90 Å². The van der Waals surface area contributed by atoms with Gasteiger partial charge in [0.25, 0.3) is 0 Å². The lowest BCUT2D eigenvalue weighted by molar-refractivity contribution is 0.589. The maximum Gasteiger partial charge on any atom is 0.149 e. The zero-order chi connectivity index (χ0) is 24.8. The standard InChI is InChI=1S/C32H29NOP2/c1-27-22-24-28(25-23-27)33-35(29-14-6-2-7-15-29,30-16-8-3-9-17-30)26-36(34,31-18-10-4-11-19-31)32-20-12-5-13-21-32/h2-25H,26H2,1H3. The summed E-state index contributed by atoms with van der Waals surface area (Å²) in [5.41, 5.74) is 2.10. The van der Waals surface area contributed by atoms with Crippen LogP contribution in [0.5, 0.6) is 0 Å². The van der Waals surface area contributed by atoms with Gasteiger partial charge in [-0.2, -0.15) is 0 Å².